The first kappa shape index (κ1) is 14.7. The number of hydrogen-bond acceptors (Lipinski definition) is 4. The lowest BCUT2D eigenvalue weighted by atomic mass is 10.0. The number of aryl methyl sites for hydroxylation is 1. The van der Waals surface area contributed by atoms with Crippen LogP contribution in [0.25, 0.3) is 0 Å². The summed E-state index contributed by atoms with van der Waals surface area (Å²) in [6.45, 7) is 6.69. The maximum atomic E-state index is 6.08. The molecule has 116 valence electrons. The molecule has 2 fully saturated rings. The minimum absolute atomic E-state index is 0.302. The zero-order valence-electron chi connectivity index (χ0n) is 12.9. The third-order valence-electron chi connectivity index (χ3n) is 4.48. The standard InChI is InChI=1S/C17H26N2O2/c1-13-9-16(21-12-14-6-8-20-11-14)4-5-17(13)19-7-2-3-15(18)10-19/h4-5,9,14-15H,2-3,6-8,10-12,18H2,1H3. The van der Waals surface area contributed by atoms with E-state index in [1.54, 1.807) is 0 Å². The molecule has 2 heterocycles. The van der Waals surface area contributed by atoms with Crippen molar-refractivity contribution in [3.63, 3.8) is 0 Å². The van der Waals surface area contributed by atoms with Gasteiger partial charge in [0.05, 0.1) is 13.2 Å². The van der Waals surface area contributed by atoms with Gasteiger partial charge >= 0.3 is 0 Å². The van der Waals surface area contributed by atoms with Crippen LogP contribution in [0.5, 0.6) is 5.75 Å². The Bertz CT molecular complexity index is 472. The summed E-state index contributed by atoms with van der Waals surface area (Å²) in [5, 5.41) is 0. The van der Waals surface area contributed by atoms with E-state index in [0.717, 1.165) is 51.5 Å². The number of hydrogen-bond donors (Lipinski definition) is 1. The molecule has 0 aromatic heterocycles. The molecule has 0 spiro atoms. The van der Waals surface area contributed by atoms with E-state index >= 15 is 0 Å². The number of nitrogens with zero attached hydrogens (tertiary/aromatic N) is 1. The molecule has 4 nitrogen and oxygen atoms in total. The monoisotopic (exact) mass is 290 g/mol. The highest BCUT2D eigenvalue weighted by Crippen LogP contribution is 2.27. The molecule has 1 aromatic carbocycles. The largest absolute Gasteiger partial charge is 0.493 e. The summed E-state index contributed by atoms with van der Waals surface area (Å²) in [6.07, 6.45) is 3.43. The summed E-state index contributed by atoms with van der Waals surface area (Å²) < 4.78 is 11.3. The maximum Gasteiger partial charge on any atom is 0.119 e. The Balaban J connectivity index is 1.61. The van der Waals surface area contributed by atoms with E-state index in [4.69, 9.17) is 15.2 Å². The lowest BCUT2D eigenvalue weighted by Gasteiger charge is -2.33. The van der Waals surface area contributed by atoms with Gasteiger partial charge in [-0.3, -0.25) is 0 Å². The molecule has 0 aliphatic carbocycles. The summed E-state index contributed by atoms with van der Waals surface area (Å²) in [4.78, 5) is 2.40. The van der Waals surface area contributed by atoms with E-state index in [9.17, 15) is 0 Å². The van der Waals surface area contributed by atoms with Crippen LogP contribution in [0.15, 0.2) is 18.2 Å². The number of rotatable bonds is 4. The maximum absolute atomic E-state index is 6.08. The van der Waals surface area contributed by atoms with Crippen molar-refractivity contribution in [2.45, 2.75) is 32.2 Å². The Morgan fingerprint density at radius 2 is 2.29 bits per heavy atom. The van der Waals surface area contributed by atoms with Gasteiger partial charge in [-0.1, -0.05) is 0 Å². The Kier molecular flexibility index (Phi) is 4.66. The van der Waals surface area contributed by atoms with Gasteiger partial charge in [-0.15, -0.1) is 0 Å². The summed E-state index contributed by atoms with van der Waals surface area (Å²) >= 11 is 0. The first-order chi connectivity index (χ1) is 10.2. The highest BCUT2D eigenvalue weighted by atomic mass is 16.5. The van der Waals surface area contributed by atoms with Crippen molar-refractivity contribution in [2.24, 2.45) is 11.7 Å². The zero-order valence-corrected chi connectivity index (χ0v) is 12.9. The van der Waals surface area contributed by atoms with Crippen LogP contribution in [0, 0.1) is 12.8 Å². The fraction of sp³-hybridized carbons (Fsp3) is 0.647. The van der Waals surface area contributed by atoms with Gasteiger partial charge in [0.1, 0.15) is 5.75 Å². The van der Waals surface area contributed by atoms with Crippen molar-refractivity contribution in [2.75, 3.05) is 37.8 Å². The minimum atomic E-state index is 0.302. The molecule has 0 amide bonds. The van der Waals surface area contributed by atoms with Gasteiger partial charge in [-0.25, -0.2) is 0 Å². The fourth-order valence-electron chi connectivity index (χ4n) is 3.23. The smallest absolute Gasteiger partial charge is 0.119 e. The highest BCUT2D eigenvalue weighted by Gasteiger charge is 2.19. The van der Waals surface area contributed by atoms with E-state index in [2.05, 4.69) is 30.0 Å². The summed E-state index contributed by atoms with van der Waals surface area (Å²) in [5.41, 5.74) is 8.64. The molecule has 2 N–H and O–H groups in total. The summed E-state index contributed by atoms with van der Waals surface area (Å²) in [7, 11) is 0. The van der Waals surface area contributed by atoms with Crippen LogP contribution in [0.3, 0.4) is 0 Å². The first-order valence-corrected chi connectivity index (χ1v) is 8.04. The molecule has 0 saturated carbocycles. The Labute approximate surface area is 127 Å². The summed E-state index contributed by atoms with van der Waals surface area (Å²) in [6, 6.07) is 6.70. The molecule has 2 saturated heterocycles. The molecule has 0 bridgehead atoms. The molecular formula is C17H26N2O2. The third-order valence-corrected chi connectivity index (χ3v) is 4.48. The molecule has 2 atom stereocenters. The van der Waals surface area contributed by atoms with E-state index in [-0.39, 0.29) is 0 Å². The fourth-order valence-corrected chi connectivity index (χ4v) is 3.23. The lowest BCUT2D eigenvalue weighted by Crippen LogP contribution is -2.43. The van der Waals surface area contributed by atoms with Crippen molar-refractivity contribution in [3.8, 4) is 5.75 Å². The molecule has 3 rings (SSSR count). The average molecular weight is 290 g/mol. The third kappa shape index (κ3) is 3.69. The minimum Gasteiger partial charge on any atom is -0.493 e. The van der Waals surface area contributed by atoms with Gasteiger partial charge in [0.2, 0.25) is 0 Å². The molecule has 2 aliphatic heterocycles. The van der Waals surface area contributed by atoms with Gasteiger partial charge < -0.3 is 20.1 Å². The van der Waals surface area contributed by atoms with Crippen molar-refractivity contribution in [1.82, 2.24) is 0 Å². The van der Waals surface area contributed by atoms with E-state index in [1.165, 1.54) is 17.7 Å². The topological polar surface area (TPSA) is 47.7 Å². The van der Waals surface area contributed by atoms with Crippen LogP contribution < -0.4 is 15.4 Å². The first-order valence-electron chi connectivity index (χ1n) is 8.04. The Morgan fingerprint density at radius 1 is 1.38 bits per heavy atom. The van der Waals surface area contributed by atoms with Gasteiger partial charge in [0.15, 0.2) is 0 Å². The second-order valence-corrected chi connectivity index (χ2v) is 6.34. The molecule has 2 unspecified atom stereocenters. The van der Waals surface area contributed by atoms with Gasteiger partial charge in [0.25, 0.3) is 0 Å². The quantitative estimate of drug-likeness (QED) is 0.924. The van der Waals surface area contributed by atoms with Crippen LogP contribution in [-0.2, 0) is 4.74 Å². The number of anilines is 1. The molecule has 4 heteroatoms. The predicted octanol–water partition coefficient (Wildman–Crippen LogP) is 2.34. The van der Waals surface area contributed by atoms with Crippen LogP contribution in [-0.4, -0.2) is 39.0 Å². The molecule has 1 aromatic rings. The van der Waals surface area contributed by atoms with Gasteiger partial charge in [-0.2, -0.15) is 0 Å². The van der Waals surface area contributed by atoms with Crippen molar-refractivity contribution in [3.05, 3.63) is 23.8 Å². The van der Waals surface area contributed by atoms with Crippen molar-refractivity contribution < 1.29 is 9.47 Å². The molecule has 2 aliphatic rings. The average Bonchev–Trinajstić information content (AvgIpc) is 2.98. The number of benzene rings is 1. The van der Waals surface area contributed by atoms with E-state index < -0.39 is 0 Å². The number of nitrogens with two attached hydrogens (primary N) is 1. The second kappa shape index (κ2) is 6.67. The summed E-state index contributed by atoms with van der Waals surface area (Å²) in [5.74, 6) is 1.51. The van der Waals surface area contributed by atoms with Crippen molar-refractivity contribution in [1.29, 1.82) is 0 Å². The lowest BCUT2D eigenvalue weighted by molar-refractivity contribution is 0.167. The number of piperidine rings is 1. The van der Waals surface area contributed by atoms with Gasteiger partial charge in [0, 0.05) is 37.3 Å². The molecule has 21 heavy (non-hydrogen) atoms. The van der Waals surface area contributed by atoms with E-state index in [1.807, 2.05) is 0 Å². The van der Waals surface area contributed by atoms with Crippen LogP contribution >= 0.6 is 0 Å². The zero-order chi connectivity index (χ0) is 14.7. The SMILES string of the molecule is Cc1cc(OCC2CCOC2)ccc1N1CCCC(N)C1. The van der Waals surface area contributed by atoms with Crippen LogP contribution in [0.1, 0.15) is 24.8 Å². The van der Waals surface area contributed by atoms with Crippen LogP contribution in [0.2, 0.25) is 0 Å². The highest BCUT2D eigenvalue weighted by molar-refractivity contribution is 5.56. The van der Waals surface area contributed by atoms with Gasteiger partial charge in [-0.05, 0) is 49.9 Å². The normalized spacial score (nSPS) is 26.1. The van der Waals surface area contributed by atoms with Crippen LogP contribution in [0.4, 0.5) is 5.69 Å². The Morgan fingerprint density at radius 3 is 3.00 bits per heavy atom. The second-order valence-electron chi connectivity index (χ2n) is 6.34. The van der Waals surface area contributed by atoms with E-state index in [0.29, 0.717) is 12.0 Å². The molecule has 0 radical (unpaired) electrons. The number of ether oxygens (including phenoxy) is 2. The predicted molar refractivity (Wildman–Crippen MR) is 85.0 cm³/mol. The van der Waals surface area contributed by atoms with Crippen molar-refractivity contribution >= 4 is 5.69 Å². The Hall–Kier alpha value is -1.26. The molecular weight excluding hydrogens is 264 g/mol.